The summed E-state index contributed by atoms with van der Waals surface area (Å²) in [4.78, 5) is 28.3. The fourth-order valence-corrected chi connectivity index (χ4v) is 2.51. The molecule has 0 spiro atoms. The highest BCUT2D eigenvalue weighted by Gasteiger charge is 2.18. The number of ether oxygens (including phenoxy) is 2. The summed E-state index contributed by atoms with van der Waals surface area (Å²) in [6.07, 6.45) is 1.74. The normalized spacial score (nSPS) is 10.6. The largest absolute Gasteiger partial charge is 0.462 e. The Morgan fingerprint density at radius 3 is 2.38 bits per heavy atom. The molecule has 8 heteroatoms. The standard InChI is InChI=1S/C21H20FN3O4/c1-3-4-13-28-20(26)15-5-11-18(12-6-15)29-21(27)19-23-14(2)25(24-19)17-9-7-16(22)8-10-17/h5-12H,3-4,13H2,1-2H3. The molecule has 0 saturated carbocycles. The highest BCUT2D eigenvalue weighted by atomic mass is 19.1. The Hall–Kier alpha value is -3.55. The van der Waals surface area contributed by atoms with Crippen LogP contribution < -0.4 is 4.74 Å². The van der Waals surface area contributed by atoms with Crippen molar-refractivity contribution in [2.45, 2.75) is 26.7 Å². The average Bonchev–Trinajstić information content (AvgIpc) is 3.11. The summed E-state index contributed by atoms with van der Waals surface area (Å²) in [5, 5.41) is 4.13. The number of hydrogen-bond donors (Lipinski definition) is 0. The molecule has 7 nitrogen and oxygen atoms in total. The molecule has 0 radical (unpaired) electrons. The molecule has 0 aliphatic rings. The summed E-state index contributed by atoms with van der Waals surface area (Å²) < 4.78 is 24.9. The van der Waals surface area contributed by atoms with Gasteiger partial charge in [-0.25, -0.2) is 23.6 Å². The minimum absolute atomic E-state index is 0.130. The second-order valence-corrected chi connectivity index (χ2v) is 6.27. The Balaban J connectivity index is 1.67. The molecule has 1 heterocycles. The third-order valence-electron chi connectivity index (χ3n) is 4.05. The van der Waals surface area contributed by atoms with Crippen LogP contribution in [-0.2, 0) is 4.74 Å². The smallest absolute Gasteiger partial charge is 0.383 e. The Bertz CT molecular complexity index is 998. The monoisotopic (exact) mass is 397 g/mol. The van der Waals surface area contributed by atoms with Crippen molar-refractivity contribution in [2.75, 3.05) is 6.61 Å². The van der Waals surface area contributed by atoms with Gasteiger partial charge < -0.3 is 9.47 Å². The molecule has 2 aromatic carbocycles. The molecule has 0 unspecified atom stereocenters. The van der Waals surface area contributed by atoms with E-state index in [-0.39, 0.29) is 17.4 Å². The minimum atomic E-state index is -0.743. The van der Waals surface area contributed by atoms with Gasteiger partial charge in [0, 0.05) is 0 Å². The molecule has 0 atom stereocenters. The average molecular weight is 397 g/mol. The number of aryl methyl sites for hydroxylation is 1. The van der Waals surface area contributed by atoms with E-state index in [1.165, 1.54) is 53.2 Å². The highest BCUT2D eigenvalue weighted by molar-refractivity contribution is 5.90. The lowest BCUT2D eigenvalue weighted by molar-refractivity contribution is 0.0499. The number of aromatic nitrogens is 3. The van der Waals surface area contributed by atoms with Crippen molar-refractivity contribution in [3.8, 4) is 11.4 Å². The predicted molar refractivity (Wildman–Crippen MR) is 103 cm³/mol. The number of benzene rings is 2. The summed E-state index contributed by atoms with van der Waals surface area (Å²) >= 11 is 0. The first-order valence-corrected chi connectivity index (χ1v) is 9.17. The topological polar surface area (TPSA) is 83.3 Å². The summed E-state index contributed by atoms with van der Waals surface area (Å²) in [7, 11) is 0. The van der Waals surface area contributed by atoms with Crippen LogP contribution in [0.4, 0.5) is 4.39 Å². The lowest BCUT2D eigenvalue weighted by atomic mass is 10.2. The van der Waals surface area contributed by atoms with Crippen LogP contribution in [0.3, 0.4) is 0 Å². The fraction of sp³-hybridized carbons (Fsp3) is 0.238. The summed E-state index contributed by atoms with van der Waals surface area (Å²) in [6.45, 7) is 4.05. The van der Waals surface area contributed by atoms with Gasteiger partial charge >= 0.3 is 11.9 Å². The van der Waals surface area contributed by atoms with Crippen LogP contribution in [0.5, 0.6) is 5.75 Å². The number of carbonyl (C=O) groups is 2. The van der Waals surface area contributed by atoms with Crippen molar-refractivity contribution >= 4 is 11.9 Å². The number of carbonyl (C=O) groups excluding carboxylic acids is 2. The fourth-order valence-electron chi connectivity index (χ4n) is 2.51. The van der Waals surface area contributed by atoms with E-state index in [9.17, 15) is 14.0 Å². The van der Waals surface area contributed by atoms with Crippen LogP contribution >= 0.6 is 0 Å². The Morgan fingerprint density at radius 2 is 1.72 bits per heavy atom. The van der Waals surface area contributed by atoms with Crippen molar-refractivity contribution in [1.29, 1.82) is 0 Å². The van der Waals surface area contributed by atoms with Gasteiger partial charge in [0.25, 0.3) is 5.82 Å². The van der Waals surface area contributed by atoms with Gasteiger partial charge in [0.15, 0.2) is 0 Å². The Morgan fingerprint density at radius 1 is 1.03 bits per heavy atom. The number of esters is 2. The lowest BCUT2D eigenvalue weighted by Crippen LogP contribution is -2.12. The van der Waals surface area contributed by atoms with E-state index in [0.29, 0.717) is 23.7 Å². The molecule has 29 heavy (non-hydrogen) atoms. The third kappa shape index (κ3) is 5.04. The van der Waals surface area contributed by atoms with E-state index in [0.717, 1.165) is 12.8 Å². The van der Waals surface area contributed by atoms with Gasteiger partial charge in [-0.1, -0.05) is 13.3 Å². The quantitative estimate of drug-likeness (QED) is 0.342. The van der Waals surface area contributed by atoms with E-state index in [2.05, 4.69) is 10.1 Å². The molecule has 150 valence electrons. The molecule has 0 aliphatic heterocycles. The summed E-state index contributed by atoms with van der Waals surface area (Å²) in [5.74, 6) is -0.970. The number of hydrogen-bond acceptors (Lipinski definition) is 6. The predicted octanol–water partition coefficient (Wildman–Crippen LogP) is 3.89. The first-order valence-electron chi connectivity index (χ1n) is 9.17. The maximum absolute atomic E-state index is 13.1. The molecule has 1 aromatic heterocycles. The van der Waals surface area contributed by atoms with Crippen LogP contribution in [0.2, 0.25) is 0 Å². The molecular formula is C21H20FN3O4. The van der Waals surface area contributed by atoms with Crippen molar-refractivity contribution in [1.82, 2.24) is 14.8 Å². The summed E-state index contributed by atoms with van der Waals surface area (Å²) in [6, 6.07) is 11.7. The Labute approximate surface area is 167 Å². The van der Waals surface area contributed by atoms with Crippen molar-refractivity contribution in [3.05, 3.63) is 71.6 Å². The first kappa shape index (κ1) is 20.2. The Kier molecular flexibility index (Phi) is 6.33. The van der Waals surface area contributed by atoms with Crippen LogP contribution in [0.1, 0.15) is 46.6 Å². The molecule has 0 fully saturated rings. The molecule has 0 amide bonds. The zero-order chi connectivity index (χ0) is 20.8. The van der Waals surface area contributed by atoms with Crippen LogP contribution in [0.15, 0.2) is 48.5 Å². The second kappa shape index (κ2) is 9.09. The van der Waals surface area contributed by atoms with Gasteiger partial charge in [-0.05, 0) is 61.9 Å². The molecule has 0 aliphatic carbocycles. The van der Waals surface area contributed by atoms with Gasteiger partial charge in [0.2, 0.25) is 0 Å². The van der Waals surface area contributed by atoms with Gasteiger partial charge in [-0.15, -0.1) is 5.10 Å². The molecule has 0 bridgehead atoms. The van der Waals surface area contributed by atoms with Gasteiger partial charge in [0.05, 0.1) is 17.9 Å². The lowest BCUT2D eigenvalue weighted by Gasteiger charge is -2.05. The second-order valence-electron chi connectivity index (χ2n) is 6.27. The van der Waals surface area contributed by atoms with Crippen molar-refractivity contribution < 1.29 is 23.5 Å². The molecule has 0 saturated heterocycles. The third-order valence-corrected chi connectivity index (χ3v) is 4.05. The van der Waals surface area contributed by atoms with Crippen LogP contribution in [-0.4, -0.2) is 33.3 Å². The van der Waals surface area contributed by atoms with E-state index in [4.69, 9.17) is 9.47 Å². The number of halogens is 1. The maximum atomic E-state index is 13.1. The van der Waals surface area contributed by atoms with E-state index < -0.39 is 11.9 Å². The van der Waals surface area contributed by atoms with Crippen molar-refractivity contribution in [2.24, 2.45) is 0 Å². The van der Waals surface area contributed by atoms with Gasteiger partial charge in [0.1, 0.15) is 17.4 Å². The summed E-state index contributed by atoms with van der Waals surface area (Å²) in [5.41, 5.74) is 0.942. The van der Waals surface area contributed by atoms with E-state index in [1.807, 2.05) is 6.92 Å². The zero-order valence-electron chi connectivity index (χ0n) is 16.1. The van der Waals surface area contributed by atoms with Crippen molar-refractivity contribution in [3.63, 3.8) is 0 Å². The van der Waals surface area contributed by atoms with Crippen LogP contribution in [0.25, 0.3) is 5.69 Å². The maximum Gasteiger partial charge on any atom is 0.383 e. The first-order chi connectivity index (χ1) is 14.0. The molecule has 3 aromatic rings. The molecule has 3 rings (SSSR count). The van der Waals surface area contributed by atoms with Gasteiger partial charge in [-0.3, -0.25) is 0 Å². The SMILES string of the molecule is CCCCOC(=O)c1ccc(OC(=O)c2nc(C)n(-c3ccc(F)cc3)n2)cc1. The van der Waals surface area contributed by atoms with Gasteiger partial charge in [-0.2, -0.15) is 0 Å². The minimum Gasteiger partial charge on any atom is -0.462 e. The van der Waals surface area contributed by atoms with E-state index in [1.54, 1.807) is 6.92 Å². The number of rotatable bonds is 7. The van der Waals surface area contributed by atoms with E-state index >= 15 is 0 Å². The highest BCUT2D eigenvalue weighted by Crippen LogP contribution is 2.16. The van der Waals surface area contributed by atoms with Crippen LogP contribution in [0, 0.1) is 12.7 Å². The zero-order valence-corrected chi connectivity index (χ0v) is 16.1. The molecular weight excluding hydrogens is 377 g/mol. The number of nitrogens with zero attached hydrogens (tertiary/aromatic N) is 3. The molecule has 0 N–H and O–H groups in total. The number of unbranched alkanes of at least 4 members (excludes halogenated alkanes) is 1.